The zero-order chi connectivity index (χ0) is 16.3. The molecule has 0 bridgehead atoms. The number of carbonyl (C=O) groups excluding carboxylic acids is 1. The number of carbonyl (C=O) groups is 1. The molecule has 1 N–H and O–H groups in total. The minimum atomic E-state index is -0.258. The Kier molecular flexibility index (Phi) is 4.64. The molecule has 1 aromatic carbocycles. The van der Waals surface area contributed by atoms with Crippen molar-refractivity contribution in [3.05, 3.63) is 53.1 Å². The van der Waals surface area contributed by atoms with Gasteiger partial charge in [0, 0.05) is 12.2 Å². The first-order valence-corrected chi connectivity index (χ1v) is 7.37. The number of rotatable bonds is 4. The monoisotopic (exact) mass is 303 g/mol. The van der Waals surface area contributed by atoms with E-state index in [9.17, 15) is 9.18 Å². The molecule has 0 spiro atoms. The van der Waals surface area contributed by atoms with Gasteiger partial charge in [-0.3, -0.25) is 9.48 Å². The maximum Gasteiger partial charge on any atom is 0.254 e. The highest BCUT2D eigenvalue weighted by Crippen LogP contribution is 2.18. The van der Waals surface area contributed by atoms with Crippen molar-refractivity contribution in [2.45, 2.75) is 39.7 Å². The molecule has 0 saturated heterocycles. The van der Waals surface area contributed by atoms with E-state index < -0.39 is 0 Å². The number of hydrogen-bond donors (Lipinski definition) is 1. The second-order valence-electron chi connectivity index (χ2n) is 6.36. The first-order chi connectivity index (χ1) is 10.3. The van der Waals surface area contributed by atoms with Gasteiger partial charge >= 0.3 is 0 Å². The molecule has 0 aliphatic carbocycles. The van der Waals surface area contributed by atoms with Gasteiger partial charge in [0.05, 0.1) is 17.3 Å². The van der Waals surface area contributed by atoms with Crippen molar-refractivity contribution >= 4 is 5.91 Å². The summed E-state index contributed by atoms with van der Waals surface area (Å²) in [5, 5.41) is 7.15. The van der Waals surface area contributed by atoms with Gasteiger partial charge in [0.25, 0.3) is 5.91 Å². The van der Waals surface area contributed by atoms with Gasteiger partial charge in [0.1, 0.15) is 5.82 Å². The van der Waals surface area contributed by atoms with Crippen molar-refractivity contribution < 1.29 is 9.18 Å². The van der Waals surface area contributed by atoms with Crippen LogP contribution in [0, 0.1) is 12.7 Å². The van der Waals surface area contributed by atoms with E-state index >= 15 is 0 Å². The lowest BCUT2D eigenvalue weighted by Gasteiger charge is -2.21. The van der Waals surface area contributed by atoms with Crippen molar-refractivity contribution in [3.63, 3.8) is 0 Å². The minimum absolute atomic E-state index is 0.149. The minimum Gasteiger partial charge on any atom is -0.352 e. The molecule has 118 valence electrons. The van der Waals surface area contributed by atoms with Crippen LogP contribution in [0.15, 0.2) is 30.5 Å². The molecule has 1 amide bonds. The van der Waals surface area contributed by atoms with Gasteiger partial charge < -0.3 is 5.32 Å². The molecule has 0 radical (unpaired) electrons. The molecule has 2 rings (SSSR count). The number of halogens is 1. The zero-order valence-electron chi connectivity index (χ0n) is 13.5. The third-order valence-electron chi connectivity index (χ3n) is 3.48. The van der Waals surface area contributed by atoms with Gasteiger partial charge in [0.15, 0.2) is 0 Å². The topological polar surface area (TPSA) is 46.9 Å². The molecular formula is C17H22FN3O. The Balaban J connectivity index is 1.97. The first kappa shape index (κ1) is 16.2. The van der Waals surface area contributed by atoms with E-state index in [0.717, 1.165) is 11.3 Å². The predicted molar refractivity (Wildman–Crippen MR) is 84.4 cm³/mol. The van der Waals surface area contributed by atoms with E-state index in [1.165, 1.54) is 12.1 Å². The van der Waals surface area contributed by atoms with Gasteiger partial charge in [-0.25, -0.2) is 4.39 Å². The van der Waals surface area contributed by atoms with Crippen LogP contribution in [-0.4, -0.2) is 22.2 Å². The summed E-state index contributed by atoms with van der Waals surface area (Å²) in [5.74, 6) is -0.407. The maximum atomic E-state index is 13.1. The predicted octanol–water partition coefficient (Wildman–Crippen LogP) is 3.06. The molecular weight excluding hydrogens is 281 g/mol. The normalized spacial score (nSPS) is 11.5. The summed E-state index contributed by atoms with van der Waals surface area (Å²) >= 11 is 0. The fourth-order valence-electron chi connectivity index (χ4n) is 2.42. The van der Waals surface area contributed by atoms with E-state index in [0.29, 0.717) is 18.5 Å². The summed E-state index contributed by atoms with van der Waals surface area (Å²) < 4.78 is 14.9. The number of hydrogen-bond acceptors (Lipinski definition) is 2. The molecule has 0 unspecified atom stereocenters. The van der Waals surface area contributed by atoms with Crippen LogP contribution in [0.25, 0.3) is 0 Å². The number of aromatic nitrogens is 2. The summed E-state index contributed by atoms with van der Waals surface area (Å²) in [4.78, 5) is 12.2. The van der Waals surface area contributed by atoms with Crippen LogP contribution >= 0.6 is 0 Å². The number of amides is 1. The standard InChI is InChI=1S/C17H22FN3O/c1-12-15(11-20-21(12)17(2,3)4)16(22)19-9-8-13-6-5-7-14(18)10-13/h5-7,10-11H,8-9H2,1-4H3,(H,19,22). The molecule has 22 heavy (non-hydrogen) atoms. The highest BCUT2D eigenvalue weighted by molar-refractivity contribution is 5.95. The summed E-state index contributed by atoms with van der Waals surface area (Å²) in [5.41, 5.74) is 2.12. The Bertz CT molecular complexity index is 671. The molecule has 0 saturated carbocycles. The van der Waals surface area contributed by atoms with E-state index in [2.05, 4.69) is 10.4 Å². The smallest absolute Gasteiger partial charge is 0.254 e. The summed E-state index contributed by atoms with van der Waals surface area (Å²) in [7, 11) is 0. The molecule has 5 heteroatoms. The third-order valence-corrected chi connectivity index (χ3v) is 3.48. The fraction of sp³-hybridized carbons (Fsp3) is 0.412. The van der Waals surface area contributed by atoms with Crippen LogP contribution in [0.1, 0.15) is 42.4 Å². The van der Waals surface area contributed by atoms with Gasteiger partial charge in [-0.05, 0) is 51.8 Å². The van der Waals surface area contributed by atoms with Gasteiger partial charge in [-0.15, -0.1) is 0 Å². The largest absolute Gasteiger partial charge is 0.352 e. The fourth-order valence-corrected chi connectivity index (χ4v) is 2.42. The molecule has 0 aliphatic rings. The Labute approximate surface area is 130 Å². The Morgan fingerprint density at radius 2 is 2.09 bits per heavy atom. The van der Waals surface area contributed by atoms with E-state index in [1.54, 1.807) is 12.3 Å². The third kappa shape index (κ3) is 3.72. The van der Waals surface area contributed by atoms with Crippen molar-refractivity contribution in [1.29, 1.82) is 0 Å². The van der Waals surface area contributed by atoms with Crippen molar-refractivity contribution in [3.8, 4) is 0 Å². The van der Waals surface area contributed by atoms with Crippen LogP contribution in [-0.2, 0) is 12.0 Å². The number of nitrogens with zero attached hydrogens (tertiary/aromatic N) is 2. The van der Waals surface area contributed by atoms with E-state index in [-0.39, 0.29) is 17.3 Å². The summed E-state index contributed by atoms with van der Waals surface area (Å²) in [6, 6.07) is 6.41. The molecule has 4 nitrogen and oxygen atoms in total. The molecule has 0 aliphatic heterocycles. The molecule has 0 atom stereocenters. The Hall–Kier alpha value is -2.17. The molecule has 0 fully saturated rings. The first-order valence-electron chi connectivity index (χ1n) is 7.37. The van der Waals surface area contributed by atoms with Crippen molar-refractivity contribution in [2.24, 2.45) is 0 Å². The number of nitrogens with one attached hydrogen (secondary N) is 1. The highest BCUT2D eigenvalue weighted by atomic mass is 19.1. The van der Waals surface area contributed by atoms with E-state index in [1.807, 2.05) is 38.4 Å². The van der Waals surface area contributed by atoms with Crippen LogP contribution in [0.5, 0.6) is 0 Å². The van der Waals surface area contributed by atoms with Gasteiger partial charge in [-0.1, -0.05) is 12.1 Å². The lowest BCUT2D eigenvalue weighted by molar-refractivity contribution is 0.0953. The Morgan fingerprint density at radius 1 is 1.36 bits per heavy atom. The van der Waals surface area contributed by atoms with Crippen LogP contribution in [0.2, 0.25) is 0 Å². The molecule has 2 aromatic rings. The second-order valence-corrected chi connectivity index (χ2v) is 6.36. The van der Waals surface area contributed by atoms with Crippen LogP contribution in [0.4, 0.5) is 4.39 Å². The summed E-state index contributed by atoms with van der Waals surface area (Å²) in [6.45, 7) is 8.47. The molecule has 1 aromatic heterocycles. The average Bonchev–Trinajstić information content (AvgIpc) is 2.80. The van der Waals surface area contributed by atoms with Crippen molar-refractivity contribution in [2.75, 3.05) is 6.54 Å². The SMILES string of the molecule is Cc1c(C(=O)NCCc2cccc(F)c2)cnn1C(C)(C)C. The van der Waals surface area contributed by atoms with Crippen LogP contribution in [0.3, 0.4) is 0 Å². The average molecular weight is 303 g/mol. The Morgan fingerprint density at radius 3 is 2.68 bits per heavy atom. The van der Waals surface area contributed by atoms with E-state index in [4.69, 9.17) is 0 Å². The van der Waals surface area contributed by atoms with Gasteiger partial charge in [-0.2, -0.15) is 5.10 Å². The quantitative estimate of drug-likeness (QED) is 0.943. The second kappa shape index (κ2) is 6.30. The molecule has 1 heterocycles. The summed E-state index contributed by atoms with van der Waals surface area (Å²) in [6.07, 6.45) is 2.19. The highest BCUT2D eigenvalue weighted by Gasteiger charge is 2.21. The lowest BCUT2D eigenvalue weighted by atomic mass is 10.1. The van der Waals surface area contributed by atoms with Crippen LogP contribution < -0.4 is 5.32 Å². The van der Waals surface area contributed by atoms with Gasteiger partial charge in [0.2, 0.25) is 0 Å². The zero-order valence-corrected chi connectivity index (χ0v) is 13.5. The lowest BCUT2D eigenvalue weighted by Crippen LogP contribution is -2.28. The maximum absolute atomic E-state index is 13.1. The number of benzene rings is 1. The van der Waals surface area contributed by atoms with Crippen molar-refractivity contribution in [1.82, 2.24) is 15.1 Å².